The molecule has 0 bridgehead atoms. The lowest BCUT2D eigenvalue weighted by molar-refractivity contribution is 0.00700. The van der Waals surface area contributed by atoms with Crippen molar-refractivity contribution in [2.24, 2.45) is 4.99 Å². The molecule has 9 heteroatoms. The lowest BCUT2D eigenvalue weighted by Gasteiger charge is -2.40. The zero-order valence-corrected chi connectivity index (χ0v) is 18.8. The van der Waals surface area contributed by atoms with Gasteiger partial charge in [0.15, 0.2) is 5.96 Å². The van der Waals surface area contributed by atoms with Crippen LogP contribution in [0.5, 0.6) is 0 Å². The molecule has 0 atom stereocenters. The summed E-state index contributed by atoms with van der Waals surface area (Å²) in [6.07, 6.45) is 2.23. The Kier molecular flexibility index (Phi) is 9.92. The lowest BCUT2D eigenvalue weighted by atomic mass is 10.1. The summed E-state index contributed by atoms with van der Waals surface area (Å²) in [5.41, 5.74) is -0.466. The first-order valence-corrected chi connectivity index (χ1v) is 8.92. The summed E-state index contributed by atoms with van der Waals surface area (Å²) in [7, 11) is 1.73. The molecule has 1 saturated heterocycles. The van der Waals surface area contributed by atoms with Crippen LogP contribution in [0.25, 0.3) is 0 Å². The molecule has 1 amide bonds. The Bertz CT molecular complexity index is 581. The molecule has 0 saturated carbocycles. The fourth-order valence-electron chi connectivity index (χ4n) is 2.38. The van der Waals surface area contributed by atoms with Gasteiger partial charge in [-0.15, -0.1) is 24.0 Å². The maximum Gasteiger partial charge on any atom is 0.410 e. The van der Waals surface area contributed by atoms with Crippen LogP contribution in [0.4, 0.5) is 4.79 Å². The maximum atomic E-state index is 11.9. The Hall–Kier alpha value is -1.49. The van der Waals surface area contributed by atoms with Gasteiger partial charge in [-0.25, -0.2) is 4.79 Å². The summed E-state index contributed by atoms with van der Waals surface area (Å²) in [6.45, 7) is 8.70. The molecule has 0 radical (unpaired) electrons. The third-order valence-electron chi connectivity index (χ3n) is 3.68. The Balaban J connectivity index is 0.00000364. The zero-order valence-electron chi connectivity index (χ0n) is 16.5. The van der Waals surface area contributed by atoms with Gasteiger partial charge in [-0.1, -0.05) is 0 Å². The first kappa shape index (κ1) is 23.5. The molecule has 2 rings (SSSR count). The second-order valence-corrected chi connectivity index (χ2v) is 7.21. The summed E-state index contributed by atoms with van der Waals surface area (Å²) in [5, 5.41) is 6.54. The van der Waals surface area contributed by atoms with Crippen molar-refractivity contribution in [2.75, 3.05) is 33.3 Å². The summed E-state index contributed by atoms with van der Waals surface area (Å²) in [4.78, 5) is 17.8. The number of ether oxygens (including phenoxy) is 2. The molecular weight excluding hydrogens is 463 g/mol. The number of amides is 1. The van der Waals surface area contributed by atoms with E-state index in [1.807, 2.05) is 32.9 Å². The monoisotopic (exact) mass is 494 g/mol. The van der Waals surface area contributed by atoms with Gasteiger partial charge >= 0.3 is 6.09 Å². The number of aliphatic imine (C=N–C) groups is 1. The van der Waals surface area contributed by atoms with E-state index in [-0.39, 0.29) is 36.1 Å². The van der Waals surface area contributed by atoms with E-state index < -0.39 is 5.60 Å². The molecule has 0 unspecified atom stereocenters. The van der Waals surface area contributed by atoms with Crippen LogP contribution < -0.4 is 10.6 Å². The van der Waals surface area contributed by atoms with E-state index in [1.165, 1.54) is 0 Å². The number of halogens is 1. The molecule has 8 nitrogen and oxygen atoms in total. The third-order valence-corrected chi connectivity index (χ3v) is 3.68. The second-order valence-electron chi connectivity index (χ2n) is 7.21. The van der Waals surface area contributed by atoms with E-state index in [0.29, 0.717) is 26.3 Å². The van der Waals surface area contributed by atoms with Gasteiger partial charge in [-0.3, -0.25) is 4.99 Å². The molecule has 0 spiro atoms. The van der Waals surface area contributed by atoms with Crippen LogP contribution in [0.1, 0.15) is 33.0 Å². The van der Waals surface area contributed by atoms with E-state index in [0.717, 1.165) is 24.7 Å². The van der Waals surface area contributed by atoms with Crippen LogP contribution in [-0.4, -0.2) is 61.9 Å². The Morgan fingerprint density at radius 3 is 2.74 bits per heavy atom. The predicted octanol–water partition coefficient (Wildman–Crippen LogP) is 2.59. The van der Waals surface area contributed by atoms with Crippen LogP contribution in [0.2, 0.25) is 0 Å². The Morgan fingerprint density at radius 2 is 2.15 bits per heavy atom. The summed E-state index contributed by atoms with van der Waals surface area (Å²) >= 11 is 0. The number of likely N-dealkylation sites (tertiary alicyclic amines) is 1. The Morgan fingerprint density at radius 1 is 1.41 bits per heavy atom. The number of nitrogens with one attached hydrogen (secondary N) is 2. The van der Waals surface area contributed by atoms with Gasteiger partial charge in [0.25, 0.3) is 0 Å². The molecule has 2 heterocycles. The molecule has 1 aromatic rings. The van der Waals surface area contributed by atoms with Gasteiger partial charge < -0.3 is 29.4 Å². The fourth-order valence-corrected chi connectivity index (χ4v) is 2.38. The minimum Gasteiger partial charge on any atom is -0.467 e. The van der Waals surface area contributed by atoms with Crippen LogP contribution in [0.15, 0.2) is 27.8 Å². The quantitative estimate of drug-likeness (QED) is 0.262. The van der Waals surface area contributed by atoms with Crippen molar-refractivity contribution >= 4 is 36.0 Å². The smallest absolute Gasteiger partial charge is 0.410 e. The predicted molar refractivity (Wildman–Crippen MR) is 114 cm³/mol. The van der Waals surface area contributed by atoms with Crippen molar-refractivity contribution in [1.29, 1.82) is 0 Å². The number of rotatable bonds is 7. The number of carbonyl (C=O) groups is 1. The molecule has 1 aliphatic heterocycles. The first-order valence-electron chi connectivity index (χ1n) is 8.92. The van der Waals surface area contributed by atoms with Crippen molar-refractivity contribution in [3.8, 4) is 0 Å². The van der Waals surface area contributed by atoms with E-state index in [1.54, 1.807) is 18.2 Å². The highest BCUT2D eigenvalue weighted by atomic mass is 127. The van der Waals surface area contributed by atoms with E-state index in [4.69, 9.17) is 13.9 Å². The number of hydrogen-bond acceptors (Lipinski definition) is 5. The number of hydrogen-bond donors (Lipinski definition) is 2. The topological polar surface area (TPSA) is 88.3 Å². The highest BCUT2D eigenvalue weighted by Crippen LogP contribution is 2.15. The van der Waals surface area contributed by atoms with Gasteiger partial charge in [0.1, 0.15) is 18.0 Å². The Labute approximate surface area is 178 Å². The fraction of sp³-hybridized carbons (Fsp3) is 0.667. The molecule has 27 heavy (non-hydrogen) atoms. The molecule has 0 aromatic carbocycles. The second kappa shape index (κ2) is 11.4. The van der Waals surface area contributed by atoms with Gasteiger partial charge in [0.2, 0.25) is 0 Å². The zero-order chi connectivity index (χ0) is 19.0. The number of furan rings is 1. The van der Waals surface area contributed by atoms with Crippen molar-refractivity contribution < 1.29 is 18.7 Å². The largest absolute Gasteiger partial charge is 0.467 e. The standard InChI is InChI=1S/C18H30N4O4.HI/c1-18(2,3)26-17(23)22-11-14(12-22)21-16(19-4)20-8-6-9-24-13-15-7-5-10-25-15;/h5,7,10,14H,6,8-9,11-13H2,1-4H3,(H2,19,20,21);1H. The molecule has 1 fully saturated rings. The van der Waals surface area contributed by atoms with Crippen LogP contribution >= 0.6 is 24.0 Å². The lowest BCUT2D eigenvalue weighted by Crippen LogP contribution is -2.63. The van der Waals surface area contributed by atoms with Crippen LogP contribution in [0, 0.1) is 0 Å². The van der Waals surface area contributed by atoms with Crippen molar-refractivity contribution in [3.63, 3.8) is 0 Å². The van der Waals surface area contributed by atoms with Gasteiger partial charge in [-0.2, -0.15) is 0 Å². The first-order chi connectivity index (χ1) is 12.4. The SMILES string of the molecule is CN=C(NCCCOCc1ccco1)NC1CN(C(=O)OC(C)(C)C)C1.I. The molecule has 154 valence electrons. The minimum absolute atomic E-state index is 0. The number of carbonyl (C=O) groups excluding carboxylic acids is 1. The summed E-state index contributed by atoms with van der Waals surface area (Å²) in [5.74, 6) is 1.56. The van der Waals surface area contributed by atoms with Crippen molar-refractivity contribution in [3.05, 3.63) is 24.2 Å². The third kappa shape index (κ3) is 8.83. The molecule has 0 aliphatic carbocycles. The normalized spacial score (nSPS) is 15.0. The molecule has 1 aromatic heterocycles. The van der Waals surface area contributed by atoms with E-state index >= 15 is 0 Å². The average Bonchev–Trinajstić information content (AvgIpc) is 3.03. The molecular formula is C18H31IN4O4. The molecule has 1 aliphatic rings. The van der Waals surface area contributed by atoms with Crippen LogP contribution in [-0.2, 0) is 16.1 Å². The average molecular weight is 494 g/mol. The maximum absolute atomic E-state index is 11.9. The van der Waals surface area contributed by atoms with Gasteiger partial charge in [-0.05, 0) is 39.3 Å². The number of guanidine groups is 1. The summed E-state index contributed by atoms with van der Waals surface area (Å²) < 4.78 is 16.1. The van der Waals surface area contributed by atoms with Crippen molar-refractivity contribution in [2.45, 2.75) is 45.4 Å². The highest BCUT2D eigenvalue weighted by molar-refractivity contribution is 14.0. The summed E-state index contributed by atoms with van der Waals surface area (Å²) in [6, 6.07) is 3.92. The number of nitrogens with zero attached hydrogens (tertiary/aromatic N) is 2. The van der Waals surface area contributed by atoms with E-state index in [2.05, 4.69) is 15.6 Å². The highest BCUT2D eigenvalue weighted by Gasteiger charge is 2.34. The van der Waals surface area contributed by atoms with E-state index in [9.17, 15) is 4.79 Å². The van der Waals surface area contributed by atoms with Crippen LogP contribution in [0.3, 0.4) is 0 Å². The van der Waals surface area contributed by atoms with Gasteiger partial charge in [0, 0.05) is 33.3 Å². The van der Waals surface area contributed by atoms with Crippen molar-refractivity contribution in [1.82, 2.24) is 15.5 Å². The minimum atomic E-state index is -0.466. The molecule has 2 N–H and O–H groups in total. The van der Waals surface area contributed by atoms with Gasteiger partial charge in [0.05, 0.1) is 12.3 Å².